The predicted octanol–water partition coefficient (Wildman–Crippen LogP) is 1.62. The van der Waals surface area contributed by atoms with E-state index in [0.29, 0.717) is 12.0 Å². The maximum Gasteiger partial charge on any atom is 0.308 e. The van der Waals surface area contributed by atoms with E-state index in [1.807, 2.05) is 6.92 Å². The van der Waals surface area contributed by atoms with Crippen molar-refractivity contribution in [3.63, 3.8) is 0 Å². The fourth-order valence-electron chi connectivity index (χ4n) is 1.59. The number of carbonyl (C=O) groups excluding carboxylic acids is 1. The number of aromatic hydroxyl groups is 1. The van der Waals surface area contributed by atoms with Gasteiger partial charge in [0, 0.05) is 12.1 Å². The number of carboxylic acids is 1. The molecule has 0 radical (unpaired) electrons. The highest BCUT2D eigenvalue weighted by molar-refractivity contribution is 5.94. The topological polar surface area (TPSA) is 86.6 Å². The van der Waals surface area contributed by atoms with E-state index in [0.717, 1.165) is 6.42 Å². The number of nitrogens with one attached hydrogen (secondary N) is 1. The number of aliphatic carboxylic acids is 1. The minimum atomic E-state index is -0.900. The fraction of sp³-hybridized carbons (Fsp3) is 0.385. The van der Waals surface area contributed by atoms with Crippen LogP contribution in [0.3, 0.4) is 0 Å². The first kappa shape index (κ1) is 14.0. The number of hydrogen-bond donors (Lipinski definition) is 3. The monoisotopic (exact) mass is 251 g/mol. The van der Waals surface area contributed by atoms with Crippen LogP contribution in [-0.2, 0) is 4.79 Å². The number of benzene rings is 1. The zero-order valence-corrected chi connectivity index (χ0v) is 10.2. The second-order valence-corrected chi connectivity index (χ2v) is 4.08. The van der Waals surface area contributed by atoms with Crippen LogP contribution in [0.4, 0.5) is 0 Å². The molecule has 5 heteroatoms. The van der Waals surface area contributed by atoms with E-state index in [2.05, 4.69) is 5.32 Å². The molecule has 0 bridgehead atoms. The van der Waals surface area contributed by atoms with E-state index in [1.54, 1.807) is 0 Å². The summed E-state index contributed by atoms with van der Waals surface area (Å²) in [5, 5.41) is 20.6. The van der Waals surface area contributed by atoms with Gasteiger partial charge >= 0.3 is 5.97 Å². The molecule has 18 heavy (non-hydrogen) atoms. The highest BCUT2D eigenvalue weighted by atomic mass is 16.4. The van der Waals surface area contributed by atoms with E-state index < -0.39 is 11.9 Å². The molecule has 0 aliphatic rings. The third-order valence-corrected chi connectivity index (χ3v) is 2.62. The lowest BCUT2D eigenvalue weighted by molar-refractivity contribution is -0.141. The van der Waals surface area contributed by atoms with Crippen LogP contribution in [0.5, 0.6) is 5.75 Å². The third-order valence-electron chi connectivity index (χ3n) is 2.62. The van der Waals surface area contributed by atoms with Crippen molar-refractivity contribution in [3.8, 4) is 5.75 Å². The summed E-state index contributed by atoms with van der Waals surface area (Å²) < 4.78 is 0. The molecule has 0 fully saturated rings. The van der Waals surface area contributed by atoms with E-state index >= 15 is 0 Å². The molecule has 1 unspecified atom stereocenters. The summed E-state index contributed by atoms with van der Waals surface area (Å²) in [5.74, 6) is -1.71. The first-order valence-corrected chi connectivity index (χ1v) is 5.84. The van der Waals surface area contributed by atoms with Crippen LogP contribution in [0.1, 0.15) is 30.1 Å². The van der Waals surface area contributed by atoms with Crippen molar-refractivity contribution >= 4 is 11.9 Å². The number of amides is 1. The molecule has 0 aliphatic carbocycles. The number of rotatable bonds is 6. The molecule has 1 rings (SSSR count). The van der Waals surface area contributed by atoms with Gasteiger partial charge in [-0.05, 0) is 30.7 Å². The Labute approximate surface area is 105 Å². The van der Waals surface area contributed by atoms with Crippen molar-refractivity contribution in [1.82, 2.24) is 5.32 Å². The van der Waals surface area contributed by atoms with Gasteiger partial charge in [-0.2, -0.15) is 0 Å². The van der Waals surface area contributed by atoms with Gasteiger partial charge < -0.3 is 15.5 Å². The first-order valence-electron chi connectivity index (χ1n) is 5.84. The summed E-state index contributed by atoms with van der Waals surface area (Å²) in [6.07, 6.45) is 1.29. The number of phenols is 1. The summed E-state index contributed by atoms with van der Waals surface area (Å²) in [6, 6.07) is 5.80. The second kappa shape index (κ2) is 6.64. The van der Waals surface area contributed by atoms with Crippen LogP contribution >= 0.6 is 0 Å². The Bertz CT molecular complexity index is 414. The smallest absolute Gasteiger partial charge is 0.308 e. The molecule has 0 aliphatic heterocycles. The van der Waals surface area contributed by atoms with Gasteiger partial charge in [-0.1, -0.05) is 13.3 Å². The van der Waals surface area contributed by atoms with Crippen LogP contribution in [-0.4, -0.2) is 28.6 Å². The minimum absolute atomic E-state index is 0.0842. The zero-order valence-electron chi connectivity index (χ0n) is 10.2. The van der Waals surface area contributed by atoms with Gasteiger partial charge in [0.05, 0.1) is 5.92 Å². The van der Waals surface area contributed by atoms with Crippen LogP contribution in [0, 0.1) is 5.92 Å². The highest BCUT2D eigenvalue weighted by Crippen LogP contribution is 2.10. The number of phenolic OH excluding ortho intramolecular Hbond substituents is 1. The molecule has 0 saturated heterocycles. The molecule has 3 N–H and O–H groups in total. The number of hydrogen-bond acceptors (Lipinski definition) is 3. The first-order chi connectivity index (χ1) is 8.54. The minimum Gasteiger partial charge on any atom is -0.508 e. The highest BCUT2D eigenvalue weighted by Gasteiger charge is 2.17. The lowest BCUT2D eigenvalue weighted by Crippen LogP contribution is -2.32. The molecule has 0 heterocycles. The molecule has 1 aromatic rings. The molecular formula is C13H17NO4. The summed E-state index contributed by atoms with van der Waals surface area (Å²) in [7, 11) is 0. The van der Waals surface area contributed by atoms with Gasteiger partial charge in [-0.3, -0.25) is 9.59 Å². The summed E-state index contributed by atoms with van der Waals surface area (Å²) in [6.45, 7) is 2.01. The molecular weight excluding hydrogens is 234 g/mol. The normalized spacial score (nSPS) is 11.8. The Morgan fingerprint density at radius 3 is 2.39 bits per heavy atom. The third kappa shape index (κ3) is 4.08. The quantitative estimate of drug-likeness (QED) is 0.717. The molecule has 0 spiro atoms. The molecule has 1 amide bonds. The van der Waals surface area contributed by atoms with Crippen molar-refractivity contribution in [1.29, 1.82) is 0 Å². The zero-order chi connectivity index (χ0) is 13.5. The van der Waals surface area contributed by atoms with Crippen LogP contribution < -0.4 is 5.32 Å². The average molecular weight is 251 g/mol. The van der Waals surface area contributed by atoms with E-state index in [9.17, 15) is 9.59 Å². The van der Waals surface area contributed by atoms with Crippen molar-refractivity contribution < 1.29 is 19.8 Å². The van der Waals surface area contributed by atoms with Gasteiger partial charge in [0.25, 0.3) is 5.91 Å². The Morgan fingerprint density at radius 2 is 1.89 bits per heavy atom. The lowest BCUT2D eigenvalue weighted by atomic mass is 10.0. The Balaban J connectivity index is 2.54. The van der Waals surface area contributed by atoms with Gasteiger partial charge in [-0.25, -0.2) is 0 Å². The molecule has 0 aromatic heterocycles. The number of carbonyl (C=O) groups is 2. The van der Waals surface area contributed by atoms with E-state index in [1.165, 1.54) is 24.3 Å². The van der Waals surface area contributed by atoms with Gasteiger partial charge in [0.1, 0.15) is 5.75 Å². The molecule has 5 nitrogen and oxygen atoms in total. The van der Waals surface area contributed by atoms with Crippen molar-refractivity contribution in [2.45, 2.75) is 19.8 Å². The summed E-state index contributed by atoms with van der Waals surface area (Å²) in [4.78, 5) is 22.6. The average Bonchev–Trinajstić information content (AvgIpc) is 2.34. The van der Waals surface area contributed by atoms with Crippen LogP contribution in [0.15, 0.2) is 24.3 Å². The predicted molar refractivity (Wildman–Crippen MR) is 66.5 cm³/mol. The van der Waals surface area contributed by atoms with Gasteiger partial charge in [0.2, 0.25) is 0 Å². The Morgan fingerprint density at radius 1 is 1.28 bits per heavy atom. The lowest BCUT2D eigenvalue weighted by Gasteiger charge is -2.12. The molecule has 98 valence electrons. The summed E-state index contributed by atoms with van der Waals surface area (Å²) >= 11 is 0. The van der Waals surface area contributed by atoms with Gasteiger partial charge in [-0.15, -0.1) is 0 Å². The van der Waals surface area contributed by atoms with Crippen molar-refractivity contribution in [2.24, 2.45) is 5.92 Å². The SMILES string of the molecule is CCCC(CNC(=O)c1ccc(O)cc1)C(=O)O. The standard InChI is InChI=1S/C13H17NO4/c1-2-3-10(13(17)18)8-14-12(16)9-4-6-11(15)7-5-9/h4-7,10,15H,2-3,8H2,1H3,(H,14,16)(H,17,18). The summed E-state index contributed by atoms with van der Waals surface area (Å²) in [5.41, 5.74) is 0.397. The maximum atomic E-state index is 11.7. The van der Waals surface area contributed by atoms with Crippen LogP contribution in [0.2, 0.25) is 0 Å². The maximum absolute atomic E-state index is 11.7. The Kier molecular flexibility index (Phi) is 5.17. The largest absolute Gasteiger partial charge is 0.508 e. The van der Waals surface area contributed by atoms with Crippen molar-refractivity contribution in [3.05, 3.63) is 29.8 Å². The van der Waals surface area contributed by atoms with E-state index in [4.69, 9.17) is 10.2 Å². The number of carboxylic acid groups (broad SMARTS) is 1. The fourth-order valence-corrected chi connectivity index (χ4v) is 1.59. The van der Waals surface area contributed by atoms with Crippen LogP contribution in [0.25, 0.3) is 0 Å². The molecule has 0 saturated carbocycles. The van der Waals surface area contributed by atoms with Gasteiger partial charge in [0.15, 0.2) is 0 Å². The molecule has 1 aromatic carbocycles. The Hall–Kier alpha value is -2.04. The second-order valence-electron chi connectivity index (χ2n) is 4.08. The van der Waals surface area contributed by atoms with E-state index in [-0.39, 0.29) is 18.2 Å². The molecule has 1 atom stereocenters. The van der Waals surface area contributed by atoms with Crippen molar-refractivity contribution in [2.75, 3.05) is 6.54 Å².